The fourth-order valence-electron chi connectivity index (χ4n) is 5.19. The normalized spacial score (nSPS) is 11.5. The lowest BCUT2D eigenvalue weighted by atomic mass is 10.1. The minimum absolute atomic E-state index is 0.200. The van der Waals surface area contributed by atoms with Crippen LogP contribution in [0.5, 0.6) is 0 Å². The van der Waals surface area contributed by atoms with Gasteiger partial charge in [-0.05, 0) is 56.7 Å². The van der Waals surface area contributed by atoms with E-state index in [-0.39, 0.29) is 6.42 Å². The molecular formula is C34H53Cl2N3O3. The van der Waals surface area contributed by atoms with Crippen molar-refractivity contribution in [3.05, 3.63) is 36.2 Å². The number of hydrogen-bond donors (Lipinski definition) is 0. The third-order valence-electron chi connectivity index (χ3n) is 7.68. The molecule has 236 valence electrons. The quantitative estimate of drug-likeness (QED) is 0.0384. The van der Waals surface area contributed by atoms with Crippen LogP contribution in [0, 0.1) is 0 Å². The number of imidazole rings is 1. The van der Waals surface area contributed by atoms with Gasteiger partial charge in [-0.3, -0.25) is 9.59 Å². The molecule has 0 bridgehead atoms. The smallest absolute Gasteiger partial charge is 0.313 e. The number of rotatable bonds is 24. The van der Waals surface area contributed by atoms with Crippen molar-refractivity contribution >= 4 is 51.9 Å². The van der Waals surface area contributed by atoms with Crippen LogP contribution in [0.25, 0.3) is 11.0 Å². The van der Waals surface area contributed by atoms with Gasteiger partial charge in [-0.2, -0.15) is 0 Å². The Kier molecular flexibility index (Phi) is 19.3. The van der Waals surface area contributed by atoms with Gasteiger partial charge in [-0.1, -0.05) is 70.4 Å². The molecule has 1 heterocycles. The van der Waals surface area contributed by atoms with Crippen LogP contribution in [0.15, 0.2) is 30.4 Å². The Labute approximate surface area is 264 Å². The molecule has 2 rings (SSSR count). The van der Waals surface area contributed by atoms with Crippen LogP contribution >= 0.6 is 23.2 Å². The molecule has 0 saturated carbocycles. The Balaban J connectivity index is 1.56. The second kappa shape index (κ2) is 22.5. The Bertz CT molecular complexity index is 1060. The van der Waals surface area contributed by atoms with Crippen LogP contribution in [-0.4, -0.2) is 46.3 Å². The number of halogens is 2. The number of benzene rings is 1. The van der Waals surface area contributed by atoms with Gasteiger partial charge in [0.15, 0.2) is 0 Å². The van der Waals surface area contributed by atoms with E-state index in [0.29, 0.717) is 31.0 Å². The van der Waals surface area contributed by atoms with Crippen LogP contribution in [0.1, 0.15) is 115 Å². The molecule has 0 unspecified atom stereocenters. The number of allylic oxidation sites excluding steroid dienone is 2. The molecular weight excluding hydrogens is 569 g/mol. The fraction of sp³-hybridized carbons (Fsp3) is 0.676. The lowest BCUT2D eigenvalue weighted by Gasteiger charge is -2.22. The number of nitrogens with zero attached hydrogens (tertiary/aromatic N) is 3. The van der Waals surface area contributed by atoms with Gasteiger partial charge in [0.05, 0.1) is 11.0 Å². The summed E-state index contributed by atoms with van der Waals surface area (Å²) in [5.74, 6) is 1.09. The summed E-state index contributed by atoms with van der Waals surface area (Å²) in [6, 6.07) is 6.17. The van der Waals surface area contributed by atoms with Gasteiger partial charge in [0.1, 0.15) is 5.82 Å². The summed E-state index contributed by atoms with van der Waals surface area (Å²) in [6.45, 7) is 3.70. The number of carbonyl (C=O) groups excluding carboxylic acids is 2. The van der Waals surface area contributed by atoms with Crippen molar-refractivity contribution in [2.45, 2.75) is 116 Å². The minimum Gasteiger partial charge on any atom is -0.393 e. The highest BCUT2D eigenvalue weighted by molar-refractivity contribution is 6.18. The van der Waals surface area contributed by atoms with E-state index in [0.717, 1.165) is 61.3 Å². The van der Waals surface area contributed by atoms with Crippen LogP contribution in [0.4, 0.5) is 5.69 Å². The van der Waals surface area contributed by atoms with Crippen LogP contribution in [0.2, 0.25) is 0 Å². The number of aryl methyl sites for hydroxylation is 2. The SMILES string of the molecule is CCCCCCCC/C=C\CCCCCCCC(=O)OC(=O)CCCc1nc2cc(N(CCCl)CCCl)ccc2n1C. The standard InChI is InChI=1S/C34H53Cl2N3O3/c1-3-4-5-6-7-8-9-10-11-12-13-14-15-16-17-20-33(40)42-34(41)21-18-19-32-37-30-28-29(22-23-31(30)38(32)2)39(26-24-35)27-25-36/h10-11,22-23,28H,3-9,12-21,24-27H2,1-2H3/b11-10-. The highest BCUT2D eigenvalue weighted by Gasteiger charge is 2.14. The van der Waals surface area contributed by atoms with Crippen molar-refractivity contribution in [2.75, 3.05) is 29.7 Å². The van der Waals surface area contributed by atoms with Gasteiger partial charge in [0, 0.05) is 56.8 Å². The lowest BCUT2D eigenvalue weighted by Crippen LogP contribution is -2.27. The highest BCUT2D eigenvalue weighted by Crippen LogP contribution is 2.23. The van der Waals surface area contributed by atoms with E-state index < -0.39 is 11.9 Å². The fourth-order valence-corrected chi connectivity index (χ4v) is 5.60. The molecule has 0 aliphatic heterocycles. The highest BCUT2D eigenvalue weighted by atomic mass is 35.5. The van der Waals surface area contributed by atoms with Gasteiger partial charge in [-0.25, -0.2) is 4.98 Å². The van der Waals surface area contributed by atoms with E-state index in [1.807, 2.05) is 7.05 Å². The summed E-state index contributed by atoms with van der Waals surface area (Å²) < 4.78 is 7.09. The lowest BCUT2D eigenvalue weighted by molar-refractivity contribution is -0.159. The molecule has 0 atom stereocenters. The predicted molar refractivity (Wildman–Crippen MR) is 178 cm³/mol. The molecule has 0 aliphatic rings. The molecule has 42 heavy (non-hydrogen) atoms. The topological polar surface area (TPSA) is 64.4 Å². The first kappa shape index (κ1) is 36.1. The van der Waals surface area contributed by atoms with Crippen LogP contribution in [0.3, 0.4) is 0 Å². The summed E-state index contributed by atoms with van der Waals surface area (Å²) in [6.07, 6.45) is 22.1. The van der Waals surface area contributed by atoms with Crippen molar-refractivity contribution < 1.29 is 14.3 Å². The molecule has 0 spiro atoms. The number of fused-ring (bicyclic) bond motifs is 1. The molecule has 0 aliphatic carbocycles. The minimum atomic E-state index is -0.452. The number of alkyl halides is 2. The molecule has 6 nitrogen and oxygen atoms in total. The Morgan fingerprint density at radius 2 is 1.40 bits per heavy atom. The van der Waals surface area contributed by atoms with Gasteiger partial charge >= 0.3 is 11.9 Å². The first-order chi connectivity index (χ1) is 20.5. The molecule has 1 aromatic carbocycles. The molecule has 0 amide bonds. The molecule has 0 saturated heterocycles. The van der Waals surface area contributed by atoms with E-state index in [4.69, 9.17) is 32.9 Å². The van der Waals surface area contributed by atoms with Crippen LogP contribution < -0.4 is 4.90 Å². The maximum Gasteiger partial charge on any atom is 0.313 e. The van der Waals surface area contributed by atoms with Crippen molar-refractivity contribution in [3.63, 3.8) is 0 Å². The van der Waals surface area contributed by atoms with Gasteiger partial charge < -0.3 is 14.2 Å². The van der Waals surface area contributed by atoms with E-state index >= 15 is 0 Å². The monoisotopic (exact) mass is 621 g/mol. The second-order valence-corrected chi connectivity index (χ2v) is 11.9. The molecule has 0 fully saturated rings. The first-order valence-corrected chi connectivity index (χ1v) is 17.3. The average molecular weight is 623 g/mol. The molecule has 8 heteroatoms. The number of anilines is 1. The van der Waals surface area contributed by atoms with Crippen LogP contribution in [-0.2, 0) is 27.8 Å². The van der Waals surface area contributed by atoms with Gasteiger partial charge in [0.2, 0.25) is 0 Å². The van der Waals surface area contributed by atoms with E-state index in [9.17, 15) is 9.59 Å². The molecule has 0 N–H and O–H groups in total. The number of carbonyl (C=O) groups is 2. The zero-order valence-corrected chi connectivity index (χ0v) is 27.6. The van der Waals surface area contributed by atoms with E-state index in [2.05, 4.69) is 46.7 Å². The third kappa shape index (κ3) is 14.4. The number of aromatic nitrogens is 2. The molecule has 0 radical (unpaired) electrons. The molecule has 1 aromatic heterocycles. The predicted octanol–water partition coefficient (Wildman–Crippen LogP) is 9.29. The van der Waals surface area contributed by atoms with Crippen molar-refractivity contribution in [1.29, 1.82) is 0 Å². The molecule has 2 aromatic rings. The Hall–Kier alpha value is -2.05. The number of ether oxygens (including phenoxy) is 1. The summed E-state index contributed by atoms with van der Waals surface area (Å²) in [5, 5.41) is 0. The van der Waals surface area contributed by atoms with Crippen molar-refractivity contribution in [1.82, 2.24) is 9.55 Å². The van der Waals surface area contributed by atoms with E-state index in [1.54, 1.807) is 0 Å². The zero-order chi connectivity index (χ0) is 30.4. The van der Waals surface area contributed by atoms with Gasteiger partial charge in [0.25, 0.3) is 0 Å². The maximum absolute atomic E-state index is 12.2. The van der Waals surface area contributed by atoms with Gasteiger partial charge in [-0.15, -0.1) is 23.2 Å². The summed E-state index contributed by atoms with van der Waals surface area (Å²) in [7, 11) is 1.98. The van der Waals surface area contributed by atoms with Crippen molar-refractivity contribution in [3.8, 4) is 0 Å². The summed E-state index contributed by atoms with van der Waals surface area (Å²) in [4.78, 5) is 31.2. The third-order valence-corrected chi connectivity index (χ3v) is 8.02. The number of hydrogen-bond acceptors (Lipinski definition) is 5. The number of unbranched alkanes of at least 4 members (excludes halogenated alkanes) is 11. The largest absolute Gasteiger partial charge is 0.393 e. The summed E-state index contributed by atoms with van der Waals surface area (Å²) >= 11 is 11.9. The number of esters is 2. The Morgan fingerprint density at radius 1 is 0.833 bits per heavy atom. The average Bonchev–Trinajstić information content (AvgIpc) is 3.29. The first-order valence-electron chi connectivity index (χ1n) is 16.2. The zero-order valence-electron chi connectivity index (χ0n) is 26.1. The van der Waals surface area contributed by atoms with Crippen molar-refractivity contribution in [2.24, 2.45) is 7.05 Å². The maximum atomic E-state index is 12.2. The van der Waals surface area contributed by atoms with E-state index in [1.165, 1.54) is 57.8 Å². The Morgan fingerprint density at radius 3 is 2.02 bits per heavy atom. The second-order valence-electron chi connectivity index (χ2n) is 11.2. The summed E-state index contributed by atoms with van der Waals surface area (Å²) in [5.41, 5.74) is 2.97.